The van der Waals surface area contributed by atoms with Crippen LogP contribution < -0.4 is 5.32 Å². The molecule has 0 atom stereocenters. The molecule has 0 fully saturated rings. The number of hydrogen-bond acceptors (Lipinski definition) is 4. The van der Waals surface area contributed by atoms with Crippen molar-refractivity contribution in [2.75, 3.05) is 5.32 Å². The third kappa shape index (κ3) is 4.21. The fraction of sp³-hybridized carbons (Fsp3) is 0.125. The van der Waals surface area contributed by atoms with Crippen LogP contribution in [-0.4, -0.2) is 11.1 Å². The average molecular weight is 387 g/mol. The van der Waals surface area contributed by atoms with E-state index in [4.69, 9.17) is 16.1 Å². The Morgan fingerprint density at radius 2 is 2.08 bits per heavy atom. The average Bonchev–Trinajstić information content (AvgIpc) is 3.19. The van der Waals surface area contributed by atoms with Crippen LogP contribution in [-0.2, 0) is 17.4 Å². The van der Waals surface area contributed by atoms with Gasteiger partial charge in [-0.25, -0.2) is 0 Å². The van der Waals surface area contributed by atoms with E-state index in [-0.39, 0.29) is 17.1 Å². The molecule has 25 heavy (non-hydrogen) atoms. The summed E-state index contributed by atoms with van der Waals surface area (Å²) in [6.45, 7) is 0. The first-order valence-corrected chi connectivity index (χ1v) is 8.25. The molecular formula is C16H10ClF3N2O2S. The molecule has 3 rings (SSSR count). The third-order valence-corrected chi connectivity index (χ3v) is 4.45. The van der Waals surface area contributed by atoms with Gasteiger partial charge in [0.05, 0.1) is 33.3 Å². The van der Waals surface area contributed by atoms with Crippen molar-refractivity contribution in [2.24, 2.45) is 0 Å². The number of rotatable bonds is 4. The maximum absolute atomic E-state index is 12.7. The van der Waals surface area contributed by atoms with E-state index in [1.54, 1.807) is 6.07 Å². The molecule has 0 aliphatic heterocycles. The maximum Gasteiger partial charge on any atom is 0.416 e. The van der Waals surface area contributed by atoms with Gasteiger partial charge in [0, 0.05) is 6.07 Å². The first-order valence-electron chi connectivity index (χ1n) is 6.99. The van der Waals surface area contributed by atoms with Crippen LogP contribution in [0.5, 0.6) is 0 Å². The predicted molar refractivity (Wildman–Crippen MR) is 88.6 cm³/mol. The summed E-state index contributed by atoms with van der Waals surface area (Å²) in [6.07, 6.45) is -4.67. The minimum Gasteiger partial charge on any atom is -0.355 e. The lowest BCUT2D eigenvalue weighted by Crippen LogP contribution is -2.15. The molecule has 0 saturated carbocycles. The van der Waals surface area contributed by atoms with Crippen molar-refractivity contribution in [3.05, 3.63) is 58.1 Å². The van der Waals surface area contributed by atoms with Gasteiger partial charge >= 0.3 is 6.18 Å². The minimum absolute atomic E-state index is 0.0146. The van der Waals surface area contributed by atoms with E-state index in [9.17, 15) is 18.0 Å². The van der Waals surface area contributed by atoms with Crippen LogP contribution in [0.25, 0.3) is 10.6 Å². The van der Waals surface area contributed by atoms with Gasteiger partial charge in [0.2, 0.25) is 5.91 Å². The zero-order valence-electron chi connectivity index (χ0n) is 12.4. The summed E-state index contributed by atoms with van der Waals surface area (Å²) in [6, 6.07) is 8.04. The molecule has 3 aromatic rings. The lowest BCUT2D eigenvalue weighted by atomic mass is 10.2. The van der Waals surface area contributed by atoms with Crippen molar-refractivity contribution in [3.63, 3.8) is 0 Å². The van der Waals surface area contributed by atoms with Crippen LogP contribution in [0.3, 0.4) is 0 Å². The number of carbonyl (C=O) groups is 1. The van der Waals surface area contributed by atoms with Gasteiger partial charge in [-0.2, -0.15) is 13.2 Å². The van der Waals surface area contributed by atoms with E-state index >= 15 is 0 Å². The van der Waals surface area contributed by atoms with E-state index in [1.165, 1.54) is 11.3 Å². The second kappa shape index (κ2) is 6.89. The topological polar surface area (TPSA) is 55.1 Å². The Balaban J connectivity index is 1.71. The Labute approximate surface area is 149 Å². The lowest BCUT2D eigenvalue weighted by molar-refractivity contribution is -0.137. The van der Waals surface area contributed by atoms with Crippen molar-refractivity contribution >= 4 is 34.5 Å². The Morgan fingerprint density at radius 3 is 2.76 bits per heavy atom. The molecule has 0 unspecified atom stereocenters. The quantitative estimate of drug-likeness (QED) is 0.665. The van der Waals surface area contributed by atoms with Gasteiger partial charge in [-0.3, -0.25) is 4.79 Å². The fourth-order valence-electron chi connectivity index (χ4n) is 2.09. The predicted octanol–water partition coefficient (Wildman–Crippen LogP) is 5.26. The third-order valence-electron chi connectivity index (χ3n) is 3.23. The van der Waals surface area contributed by atoms with Crippen LogP contribution >= 0.6 is 22.9 Å². The zero-order valence-corrected chi connectivity index (χ0v) is 14.0. The van der Waals surface area contributed by atoms with Crippen molar-refractivity contribution in [1.82, 2.24) is 5.16 Å². The molecule has 4 nitrogen and oxygen atoms in total. The molecule has 1 N–H and O–H groups in total. The van der Waals surface area contributed by atoms with Gasteiger partial charge in [0.1, 0.15) is 0 Å². The SMILES string of the molecule is O=C(Cc1cc(-c2cccs2)on1)Nc1cc(C(F)(F)F)ccc1Cl. The highest BCUT2D eigenvalue weighted by atomic mass is 35.5. The number of benzene rings is 1. The molecule has 0 radical (unpaired) electrons. The standard InChI is InChI=1S/C16H10ClF3N2O2S/c17-11-4-3-9(16(18,19)20)6-12(11)21-15(23)8-10-7-13(24-22-10)14-2-1-5-25-14/h1-7H,8H2,(H,21,23). The second-order valence-corrected chi connectivity index (χ2v) is 6.43. The van der Waals surface area contributed by atoms with E-state index in [0.717, 1.165) is 23.1 Å². The largest absolute Gasteiger partial charge is 0.416 e. The smallest absolute Gasteiger partial charge is 0.355 e. The van der Waals surface area contributed by atoms with Crippen LogP contribution in [0.1, 0.15) is 11.3 Å². The number of hydrogen-bond donors (Lipinski definition) is 1. The highest BCUT2D eigenvalue weighted by Crippen LogP contribution is 2.34. The molecule has 0 saturated heterocycles. The van der Waals surface area contributed by atoms with Crippen molar-refractivity contribution in [3.8, 4) is 10.6 Å². The van der Waals surface area contributed by atoms with Crippen LogP contribution in [0.15, 0.2) is 46.3 Å². The number of aromatic nitrogens is 1. The number of alkyl halides is 3. The monoisotopic (exact) mass is 386 g/mol. The fourth-order valence-corrected chi connectivity index (χ4v) is 2.92. The Kier molecular flexibility index (Phi) is 4.82. The summed E-state index contributed by atoms with van der Waals surface area (Å²) in [4.78, 5) is 12.9. The Morgan fingerprint density at radius 1 is 1.28 bits per heavy atom. The number of halogens is 4. The van der Waals surface area contributed by atoms with Gasteiger partial charge in [-0.1, -0.05) is 22.8 Å². The first kappa shape index (κ1) is 17.5. The number of nitrogens with zero attached hydrogens (tertiary/aromatic N) is 1. The zero-order chi connectivity index (χ0) is 18.0. The molecule has 1 amide bonds. The summed E-state index contributed by atoms with van der Waals surface area (Å²) < 4.78 is 43.4. The van der Waals surface area contributed by atoms with Crippen LogP contribution in [0, 0.1) is 0 Å². The highest BCUT2D eigenvalue weighted by molar-refractivity contribution is 7.13. The highest BCUT2D eigenvalue weighted by Gasteiger charge is 2.31. The van der Waals surface area contributed by atoms with Gasteiger partial charge in [0.15, 0.2) is 5.76 Å². The molecule has 0 bridgehead atoms. The molecular weight excluding hydrogens is 377 g/mol. The molecule has 130 valence electrons. The van der Waals surface area contributed by atoms with Gasteiger partial charge < -0.3 is 9.84 Å². The molecule has 1 aromatic carbocycles. The van der Waals surface area contributed by atoms with Crippen LogP contribution in [0.2, 0.25) is 5.02 Å². The van der Waals surface area contributed by atoms with E-state index < -0.39 is 17.6 Å². The summed E-state index contributed by atoms with van der Waals surface area (Å²) in [5.41, 5.74) is -0.638. The number of anilines is 1. The van der Waals surface area contributed by atoms with Gasteiger partial charge in [0.25, 0.3) is 0 Å². The summed E-state index contributed by atoms with van der Waals surface area (Å²) >= 11 is 7.31. The molecule has 9 heteroatoms. The first-order chi connectivity index (χ1) is 11.8. The van der Waals surface area contributed by atoms with E-state index in [1.807, 2.05) is 17.5 Å². The molecule has 0 spiro atoms. The normalized spacial score (nSPS) is 11.5. The molecule has 2 aromatic heterocycles. The second-order valence-electron chi connectivity index (χ2n) is 5.08. The van der Waals surface area contributed by atoms with E-state index in [0.29, 0.717) is 11.5 Å². The number of carbonyl (C=O) groups excluding carboxylic acids is 1. The van der Waals surface area contributed by atoms with Gasteiger partial charge in [-0.15, -0.1) is 11.3 Å². The van der Waals surface area contributed by atoms with E-state index in [2.05, 4.69) is 10.5 Å². The number of amides is 1. The Hall–Kier alpha value is -2.32. The summed E-state index contributed by atoms with van der Waals surface area (Å²) in [5.74, 6) is -0.0258. The van der Waals surface area contributed by atoms with Crippen molar-refractivity contribution < 1.29 is 22.5 Å². The maximum atomic E-state index is 12.7. The lowest BCUT2D eigenvalue weighted by Gasteiger charge is -2.11. The minimum atomic E-state index is -4.52. The molecule has 2 heterocycles. The van der Waals surface area contributed by atoms with Gasteiger partial charge in [-0.05, 0) is 29.6 Å². The Bertz CT molecular complexity index is 891. The summed E-state index contributed by atoms with van der Waals surface area (Å²) in [5, 5.41) is 8.05. The summed E-state index contributed by atoms with van der Waals surface area (Å²) in [7, 11) is 0. The number of thiophene rings is 1. The molecule has 0 aliphatic carbocycles. The molecule has 0 aliphatic rings. The number of nitrogens with one attached hydrogen (secondary N) is 1. The van der Waals surface area contributed by atoms with Crippen molar-refractivity contribution in [1.29, 1.82) is 0 Å². The van der Waals surface area contributed by atoms with Crippen molar-refractivity contribution in [2.45, 2.75) is 12.6 Å². The van der Waals surface area contributed by atoms with Crippen LogP contribution in [0.4, 0.5) is 18.9 Å².